The highest BCUT2D eigenvalue weighted by molar-refractivity contribution is 14.0. The lowest BCUT2D eigenvalue weighted by atomic mass is 9.96. The van der Waals surface area contributed by atoms with E-state index in [0.29, 0.717) is 0 Å². The van der Waals surface area contributed by atoms with Crippen molar-refractivity contribution in [3.05, 3.63) is 22.4 Å². The summed E-state index contributed by atoms with van der Waals surface area (Å²) >= 11 is 3.91. The van der Waals surface area contributed by atoms with Crippen LogP contribution in [-0.2, 0) is 11.2 Å². The van der Waals surface area contributed by atoms with E-state index in [1.54, 1.807) is 0 Å². The number of rotatable bonds is 7. The molecule has 154 valence electrons. The van der Waals surface area contributed by atoms with Gasteiger partial charge in [-0.2, -0.15) is 11.8 Å². The van der Waals surface area contributed by atoms with Gasteiger partial charge in [-0.25, -0.2) is 0 Å². The lowest BCUT2D eigenvalue weighted by Gasteiger charge is -2.42. The quantitative estimate of drug-likeness (QED) is 0.338. The Balaban J connectivity index is 0.00000261. The van der Waals surface area contributed by atoms with E-state index in [9.17, 15) is 0 Å². The molecule has 0 radical (unpaired) electrons. The van der Waals surface area contributed by atoms with Crippen LogP contribution < -0.4 is 5.32 Å². The van der Waals surface area contributed by atoms with Crippen LogP contribution in [0, 0.1) is 0 Å². The van der Waals surface area contributed by atoms with Crippen molar-refractivity contribution in [2.45, 2.75) is 25.3 Å². The van der Waals surface area contributed by atoms with Gasteiger partial charge in [-0.15, -0.1) is 35.3 Å². The number of ether oxygens (including phenoxy) is 1. The van der Waals surface area contributed by atoms with Crippen LogP contribution in [0.15, 0.2) is 22.5 Å². The molecule has 3 heterocycles. The molecule has 0 aromatic carbocycles. The third kappa shape index (κ3) is 6.48. The number of guanidine groups is 1. The van der Waals surface area contributed by atoms with E-state index in [1.807, 2.05) is 11.3 Å². The van der Waals surface area contributed by atoms with Crippen molar-refractivity contribution in [2.24, 2.45) is 4.99 Å². The number of likely N-dealkylation sites (N-methyl/N-ethyl adjacent to an activating group) is 1. The summed E-state index contributed by atoms with van der Waals surface area (Å²) in [7, 11) is 2.15. The molecule has 8 heteroatoms. The fourth-order valence-electron chi connectivity index (χ4n) is 3.64. The van der Waals surface area contributed by atoms with Gasteiger partial charge < -0.3 is 15.0 Å². The summed E-state index contributed by atoms with van der Waals surface area (Å²) in [5.74, 6) is 3.47. The number of nitrogens with one attached hydrogen (secondary N) is 1. The summed E-state index contributed by atoms with van der Waals surface area (Å²) in [6.45, 7) is 8.72. The summed E-state index contributed by atoms with van der Waals surface area (Å²) in [6.07, 6.45) is 2.31. The first kappa shape index (κ1) is 23.3. The van der Waals surface area contributed by atoms with Crippen LogP contribution in [0.25, 0.3) is 0 Å². The fourth-order valence-corrected chi connectivity index (χ4v) is 5.80. The molecule has 0 bridgehead atoms. The Morgan fingerprint density at radius 3 is 2.85 bits per heavy atom. The zero-order valence-corrected chi connectivity index (χ0v) is 20.4. The Hall–Kier alpha value is -0.0300. The fraction of sp³-hybridized carbons (Fsp3) is 0.737. The molecule has 2 fully saturated rings. The Bertz CT molecular complexity index is 558. The Labute approximate surface area is 189 Å². The molecular formula is C19H33IN4OS2. The van der Waals surface area contributed by atoms with Gasteiger partial charge in [0.2, 0.25) is 0 Å². The van der Waals surface area contributed by atoms with Gasteiger partial charge in [-0.1, -0.05) is 6.07 Å². The molecule has 0 aliphatic carbocycles. The molecule has 1 unspecified atom stereocenters. The second kappa shape index (κ2) is 11.8. The molecule has 5 nitrogen and oxygen atoms in total. The van der Waals surface area contributed by atoms with Crippen molar-refractivity contribution in [1.29, 1.82) is 0 Å². The first-order chi connectivity index (χ1) is 12.7. The van der Waals surface area contributed by atoms with Gasteiger partial charge in [-0.3, -0.25) is 9.89 Å². The number of halogens is 1. The maximum absolute atomic E-state index is 5.57. The number of nitrogens with zero attached hydrogens (tertiary/aromatic N) is 3. The summed E-state index contributed by atoms with van der Waals surface area (Å²) in [5, 5.41) is 5.64. The maximum atomic E-state index is 5.57. The second-order valence-corrected chi connectivity index (χ2v) is 9.18. The number of hydrogen-bond acceptors (Lipinski definition) is 5. The second-order valence-electron chi connectivity index (χ2n) is 7.05. The Morgan fingerprint density at radius 2 is 2.22 bits per heavy atom. The van der Waals surface area contributed by atoms with Crippen molar-refractivity contribution in [2.75, 3.05) is 64.5 Å². The summed E-state index contributed by atoms with van der Waals surface area (Å²) in [5.41, 5.74) is 0.212. The molecule has 3 rings (SSSR count). The van der Waals surface area contributed by atoms with Crippen LogP contribution >= 0.6 is 47.1 Å². The molecular weight excluding hydrogens is 491 g/mol. The molecule has 2 aliphatic rings. The largest absolute Gasteiger partial charge is 0.379 e. The lowest BCUT2D eigenvalue weighted by Crippen LogP contribution is -2.56. The number of thioether (sulfide) groups is 1. The topological polar surface area (TPSA) is 40.1 Å². The molecule has 1 N–H and O–H groups in total. The van der Waals surface area contributed by atoms with Crippen molar-refractivity contribution in [1.82, 2.24) is 15.1 Å². The van der Waals surface area contributed by atoms with E-state index in [2.05, 4.69) is 58.4 Å². The van der Waals surface area contributed by atoms with E-state index >= 15 is 0 Å². The molecule has 0 spiro atoms. The summed E-state index contributed by atoms with van der Waals surface area (Å²) in [4.78, 5) is 11.4. The molecule has 1 aromatic rings. The average Bonchev–Trinajstić information content (AvgIpc) is 3.36. The molecule has 0 saturated carbocycles. The highest BCUT2D eigenvalue weighted by Gasteiger charge is 2.40. The standard InChI is InChI=1S/C19H32N4OS2.HI/c1-3-20-18(22(2)8-6-17-5-4-13-26-17)21-15-19(7-14-25-16-19)23-9-11-24-12-10-23;/h4-5,13H,3,6-12,14-16H2,1-2H3,(H,20,21);1H. The van der Waals surface area contributed by atoms with Gasteiger partial charge in [0.15, 0.2) is 5.96 Å². The van der Waals surface area contributed by atoms with Crippen LogP contribution in [-0.4, -0.2) is 85.8 Å². The summed E-state index contributed by atoms with van der Waals surface area (Å²) in [6, 6.07) is 4.34. The Morgan fingerprint density at radius 1 is 1.41 bits per heavy atom. The van der Waals surface area contributed by atoms with Crippen LogP contribution in [0.2, 0.25) is 0 Å². The summed E-state index contributed by atoms with van der Waals surface area (Å²) < 4.78 is 5.57. The van der Waals surface area contributed by atoms with E-state index in [1.165, 1.54) is 22.8 Å². The van der Waals surface area contributed by atoms with Gasteiger partial charge in [0.1, 0.15) is 0 Å². The molecule has 1 atom stereocenters. The van der Waals surface area contributed by atoms with Crippen molar-refractivity contribution < 1.29 is 4.74 Å². The molecule has 27 heavy (non-hydrogen) atoms. The van der Waals surface area contributed by atoms with Crippen LogP contribution in [0.1, 0.15) is 18.2 Å². The van der Waals surface area contributed by atoms with Gasteiger partial charge in [0.25, 0.3) is 0 Å². The smallest absolute Gasteiger partial charge is 0.193 e. The van der Waals surface area contributed by atoms with Crippen molar-refractivity contribution in [3.63, 3.8) is 0 Å². The van der Waals surface area contributed by atoms with E-state index in [0.717, 1.165) is 58.3 Å². The third-order valence-corrected chi connectivity index (χ3v) is 7.43. The zero-order chi connectivity index (χ0) is 18.2. The molecule has 0 amide bonds. The van der Waals surface area contributed by atoms with Crippen LogP contribution in [0.3, 0.4) is 0 Å². The predicted octanol–water partition coefficient (Wildman–Crippen LogP) is 3.01. The van der Waals surface area contributed by atoms with Crippen molar-refractivity contribution >= 4 is 53.0 Å². The first-order valence-corrected chi connectivity index (χ1v) is 11.7. The van der Waals surface area contributed by atoms with Crippen LogP contribution in [0.5, 0.6) is 0 Å². The SMILES string of the molecule is CCNC(=NCC1(N2CCOCC2)CCSC1)N(C)CCc1cccs1.I. The van der Waals surface area contributed by atoms with Crippen LogP contribution in [0.4, 0.5) is 0 Å². The van der Waals surface area contributed by atoms with E-state index in [-0.39, 0.29) is 29.5 Å². The molecule has 1 aromatic heterocycles. The number of thiophene rings is 1. The highest BCUT2D eigenvalue weighted by Crippen LogP contribution is 2.34. The lowest BCUT2D eigenvalue weighted by molar-refractivity contribution is -0.0105. The van der Waals surface area contributed by atoms with Gasteiger partial charge in [0, 0.05) is 43.9 Å². The van der Waals surface area contributed by atoms with E-state index in [4.69, 9.17) is 9.73 Å². The first-order valence-electron chi connectivity index (χ1n) is 9.66. The minimum atomic E-state index is 0. The Kier molecular flexibility index (Phi) is 10.2. The average molecular weight is 525 g/mol. The number of morpholine rings is 1. The van der Waals surface area contributed by atoms with Gasteiger partial charge in [-0.05, 0) is 37.0 Å². The maximum Gasteiger partial charge on any atom is 0.193 e. The van der Waals surface area contributed by atoms with Crippen molar-refractivity contribution in [3.8, 4) is 0 Å². The zero-order valence-electron chi connectivity index (χ0n) is 16.5. The predicted molar refractivity (Wildman–Crippen MR) is 129 cm³/mol. The minimum Gasteiger partial charge on any atom is -0.379 e. The monoisotopic (exact) mass is 524 g/mol. The highest BCUT2D eigenvalue weighted by atomic mass is 127. The third-order valence-electron chi connectivity index (χ3n) is 5.26. The molecule has 2 aliphatic heterocycles. The number of aliphatic imine (C=N–C) groups is 1. The van der Waals surface area contributed by atoms with Gasteiger partial charge >= 0.3 is 0 Å². The minimum absolute atomic E-state index is 0. The van der Waals surface area contributed by atoms with Gasteiger partial charge in [0.05, 0.1) is 25.3 Å². The molecule has 2 saturated heterocycles. The number of hydrogen-bond donors (Lipinski definition) is 1. The normalized spacial score (nSPS) is 23.9. The van der Waals surface area contributed by atoms with E-state index < -0.39 is 0 Å².